The van der Waals surface area contributed by atoms with Crippen LogP contribution in [0.2, 0.25) is 5.02 Å². The lowest BCUT2D eigenvalue weighted by Crippen LogP contribution is -2.11. The molecule has 6 heteroatoms. The number of ether oxygens (including phenoxy) is 2. The summed E-state index contributed by atoms with van der Waals surface area (Å²) in [5, 5.41) is 10.8. The first-order valence-electron chi connectivity index (χ1n) is 4.55. The van der Waals surface area contributed by atoms with Crippen molar-refractivity contribution in [2.24, 2.45) is 0 Å². The average Bonchev–Trinajstić information content (AvgIpc) is 2.73. The molecule has 0 aliphatic carbocycles. The number of nitro groups is 1. The minimum Gasteiger partial charge on any atom is -0.459 e. The predicted octanol–water partition coefficient (Wildman–Crippen LogP) is 2.63. The molecule has 1 heterocycles. The summed E-state index contributed by atoms with van der Waals surface area (Å²) in [5.41, 5.74) is 0.723. The summed E-state index contributed by atoms with van der Waals surface area (Å²) in [7, 11) is 0. The largest absolute Gasteiger partial charge is 0.459 e. The van der Waals surface area contributed by atoms with Gasteiger partial charge < -0.3 is 9.47 Å². The minimum absolute atomic E-state index is 0.0277. The average molecular weight is 242 g/mol. The topological polar surface area (TPSA) is 61.6 Å². The molecule has 0 amide bonds. The predicted molar refractivity (Wildman–Crippen MR) is 56.9 cm³/mol. The van der Waals surface area contributed by atoms with Crippen LogP contribution in [-0.4, -0.2) is 11.2 Å². The molecule has 0 spiro atoms. The molecule has 1 aliphatic rings. The molecule has 0 atom stereocenters. The molecule has 0 unspecified atom stereocenters. The van der Waals surface area contributed by atoms with Crippen molar-refractivity contribution in [3.63, 3.8) is 0 Å². The summed E-state index contributed by atoms with van der Waals surface area (Å²) in [6, 6.07) is 4.33. The number of hydrogen-bond acceptors (Lipinski definition) is 4. The van der Waals surface area contributed by atoms with Gasteiger partial charge in [-0.05, 0) is 5.56 Å². The summed E-state index contributed by atoms with van der Waals surface area (Å²) < 4.78 is 10.2. The molecular formula is C10H8ClNO4. The Balaban J connectivity index is 2.12. The Morgan fingerprint density at radius 3 is 2.62 bits per heavy atom. The van der Waals surface area contributed by atoms with Crippen LogP contribution in [0.3, 0.4) is 0 Å². The van der Waals surface area contributed by atoms with Gasteiger partial charge in [-0.25, -0.2) is 0 Å². The second kappa shape index (κ2) is 4.40. The summed E-state index contributed by atoms with van der Waals surface area (Å²) >= 11 is 5.92. The zero-order valence-corrected chi connectivity index (χ0v) is 8.89. The highest BCUT2D eigenvalue weighted by molar-refractivity contribution is 6.31. The third-order valence-electron chi connectivity index (χ3n) is 2.15. The molecule has 16 heavy (non-hydrogen) atoms. The van der Waals surface area contributed by atoms with Crippen molar-refractivity contribution in [3.05, 3.63) is 51.4 Å². The van der Waals surface area contributed by atoms with Crippen molar-refractivity contribution in [2.75, 3.05) is 0 Å². The molecule has 0 aromatic heterocycles. The second-order valence-electron chi connectivity index (χ2n) is 3.21. The van der Waals surface area contributed by atoms with Crippen LogP contribution in [0.5, 0.6) is 0 Å². The number of halogens is 1. The summed E-state index contributed by atoms with van der Waals surface area (Å²) in [6.07, 6.45) is 2.94. The molecule has 84 valence electrons. The summed E-state index contributed by atoms with van der Waals surface area (Å²) in [6.45, 7) is 0. The Bertz CT molecular complexity index is 438. The Morgan fingerprint density at radius 1 is 1.38 bits per heavy atom. The van der Waals surface area contributed by atoms with Gasteiger partial charge in [0.05, 0.1) is 9.95 Å². The second-order valence-corrected chi connectivity index (χ2v) is 3.62. The molecule has 2 rings (SSSR count). The van der Waals surface area contributed by atoms with Gasteiger partial charge >= 0.3 is 0 Å². The van der Waals surface area contributed by atoms with E-state index in [4.69, 9.17) is 21.1 Å². The van der Waals surface area contributed by atoms with Crippen LogP contribution in [0.4, 0.5) is 5.69 Å². The Kier molecular flexibility index (Phi) is 2.96. The molecule has 0 fully saturated rings. The number of non-ortho nitro benzene ring substituents is 1. The van der Waals surface area contributed by atoms with Crippen LogP contribution < -0.4 is 0 Å². The smallest absolute Gasteiger partial charge is 0.270 e. The highest BCUT2D eigenvalue weighted by Crippen LogP contribution is 2.25. The number of hydrogen-bond donors (Lipinski definition) is 0. The molecule has 0 radical (unpaired) electrons. The fourth-order valence-corrected chi connectivity index (χ4v) is 1.61. The van der Waals surface area contributed by atoms with E-state index in [1.807, 2.05) is 0 Å². The van der Waals surface area contributed by atoms with Gasteiger partial charge in [0.1, 0.15) is 12.5 Å². The van der Waals surface area contributed by atoms with Gasteiger partial charge in [-0.1, -0.05) is 17.7 Å². The maximum absolute atomic E-state index is 10.5. The van der Waals surface area contributed by atoms with E-state index in [9.17, 15) is 10.1 Å². The number of benzene rings is 1. The van der Waals surface area contributed by atoms with Crippen molar-refractivity contribution in [2.45, 2.75) is 12.7 Å². The minimum atomic E-state index is -0.486. The van der Waals surface area contributed by atoms with Gasteiger partial charge in [0.2, 0.25) is 6.29 Å². The van der Waals surface area contributed by atoms with E-state index in [0.29, 0.717) is 11.4 Å². The summed E-state index contributed by atoms with van der Waals surface area (Å²) in [5.74, 6) is 0. The van der Waals surface area contributed by atoms with E-state index in [1.165, 1.54) is 24.7 Å². The maximum Gasteiger partial charge on any atom is 0.270 e. The van der Waals surface area contributed by atoms with Crippen LogP contribution in [-0.2, 0) is 15.9 Å². The maximum atomic E-state index is 10.5. The van der Waals surface area contributed by atoms with Gasteiger partial charge in [-0.3, -0.25) is 10.1 Å². The molecule has 1 aliphatic heterocycles. The number of nitro benzene ring substituents is 1. The highest BCUT2D eigenvalue weighted by atomic mass is 35.5. The van der Waals surface area contributed by atoms with E-state index < -0.39 is 11.2 Å². The van der Waals surface area contributed by atoms with Crippen LogP contribution in [0.15, 0.2) is 30.7 Å². The first-order chi connectivity index (χ1) is 7.66. The van der Waals surface area contributed by atoms with Crippen molar-refractivity contribution in [3.8, 4) is 0 Å². The first kappa shape index (κ1) is 10.8. The normalized spacial score (nSPS) is 14.6. The van der Waals surface area contributed by atoms with E-state index >= 15 is 0 Å². The zero-order chi connectivity index (χ0) is 11.5. The lowest BCUT2D eigenvalue weighted by molar-refractivity contribution is -0.384. The van der Waals surface area contributed by atoms with Gasteiger partial charge in [0.15, 0.2) is 0 Å². The highest BCUT2D eigenvalue weighted by Gasteiger charge is 2.17. The van der Waals surface area contributed by atoms with Crippen LogP contribution in [0.25, 0.3) is 0 Å². The van der Waals surface area contributed by atoms with Gasteiger partial charge in [-0.2, -0.15) is 0 Å². The van der Waals surface area contributed by atoms with E-state index in [-0.39, 0.29) is 5.69 Å². The lowest BCUT2D eigenvalue weighted by atomic mass is 10.1. The Hall–Kier alpha value is -1.75. The van der Waals surface area contributed by atoms with Crippen LogP contribution in [0, 0.1) is 10.1 Å². The van der Waals surface area contributed by atoms with Gasteiger partial charge in [0, 0.05) is 18.6 Å². The van der Waals surface area contributed by atoms with Gasteiger partial charge in [-0.15, -0.1) is 0 Å². The van der Waals surface area contributed by atoms with Crippen LogP contribution >= 0.6 is 11.6 Å². The van der Waals surface area contributed by atoms with E-state index in [1.54, 1.807) is 6.07 Å². The quantitative estimate of drug-likeness (QED) is 0.603. The fraction of sp³-hybridized carbons (Fsp3) is 0.200. The molecule has 0 saturated heterocycles. The number of rotatable bonds is 3. The van der Waals surface area contributed by atoms with E-state index in [0.717, 1.165) is 5.56 Å². The van der Waals surface area contributed by atoms with Crippen molar-refractivity contribution < 1.29 is 14.4 Å². The molecular weight excluding hydrogens is 234 g/mol. The monoisotopic (exact) mass is 241 g/mol. The van der Waals surface area contributed by atoms with Crippen molar-refractivity contribution in [1.29, 1.82) is 0 Å². The third kappa shape index (κ3) is 2.25. The van der Waals surface area contributed by atoms with Crippen LogP contribution in [0.1, 0.15) is 5.56 Å². The van der Waals surface area contributed by atoms with E-state index in [2.05, 4.69) is 0 Å². The molecule has 0 N–H and O–H groups in total. The number of nitrogens with zero attached hydrogens (tertiary/aromatic N) is 1. The van der Waals surface area contributed by atoms with Crippen molar-refractivity contribution in [1.82, 2.24) is 0 Å². The molecule has 0 saturated carbocycles. The first-order valence-corrected chi connectivity index (χ1v) is 4.93. The standard InChI is InChI=1S/C10H8ClNO4/c11-9-6-8(12(13)14)2-1-7(9)5-10-15-3-4-16-10/h1-4,6,10H,5H2. The molecule has 1 aromatic carbocycles. The molecule has 1 aromatic rings. The summed E-state index contributed by atoms with van der Waals surface area (Å²) in [4.78, 5) is 10.0. The third-order valence-corrected chi connectivity index (χ3v) is 2.50. The Morgan fingerprint density at radius 2 is 2.06 bits per heavy atom. The zero-order valence-electron chi connectivity index (χ0n) is 8.13. The molecule has 0 bridgehead atoms. The van der Waals surface area contributed by atoms with Crippen molar-refractivity contribution >= 4 is 17.3 Å². The Labute approximate surface area is 96.4 Å². The SMILES string of the molecule is O=[N+]([O-])c1ccc(CC2OC=CO2)c(Cl)c1. The lowest BCUT2D eigenvalue weighted by Gasteiger charge is -2.10. The fourth-order valence-electron chi connectivity index (χ4n) is 1.36. The van der Waals surface area contributed by atoms with Gasteiger partial charge in [0.25, 0.3) is 5.69 Å². The molecule has 5 nitrogen and oxygen atoms in total.